The second kappa shape index (κ2) is 13.4. The highest BCUT2D eigenvalue weighted by molar-refractivity contribution is 14.0. The van der Waals surface area contributed by atoms with Gasteiger partial charge in [0.2, 0.25) is 5.91 Å². The maximum Gasteiger partial charge on any atom is 0.251 e. The van der Waals surface area contributed by atoms with Crippen molar-refractivity contribution in [2.75, 3.05) is 26.7 Å². The number of benzene rings is 1. The van der Waals surface area contributed by atoms with Gasteiger partial charge in [-0.15, -0.1) is 24.0 Å². The van der Waals surface area contributed by atoms with Gasteiger partial charge in [-0.25, -0.2) is 0 Å². The Hall–Kier alpha value is -1.84. The molecule has 1 fully saturated rings. The number of carbonyl (C=O) groups is 2. The van der Waals surface area contributed by atoms with Crippen LogP contribution in [0.3, 0.4) is 0 Å². The molecule has 1 aliphatic rings. The number of likely N-dealkylation sites (tertiary alicyclic amines) is 1. The van der Waals surface area contributed by atoms with Gasteiger partial charge >= 0.3 is 0 Å². The van der Waals surface area contributed by atoms with Crippen LogP contribution in [0.15, 0.2) is 29.3 Å². The van der Waals surface area contributed by atoms with Crippen LogP contribution in [0.5, 0.6) is 0 Å². The second-order valence-electron chi connectivity index (χ2n) is 7.33. The Morgan fingerprint density at radius 3 is 2.59 bits per heavy atom. The molecule has 1 heterocycles. The van der Waals surface area contributed by atoms with E-state index >= 15 is 0 Å². The van der Waals surface area contributed by atoms with E-state index in [-0.39, 0.29) is 41.7 Å². The average molecular weight is 515 g/mol. The van der Waals surface area contributed by atoms with Crippen molar-refractivity contribution in [1.29, 1.82) is 0 Å². The molecule has 0 radical (unpaired) electrons. The minimum atomic E-state index is -0.242. The summed E-state index contributed by atoms with van der Waals surface area (Å²) in [4.78, 5) is 29.8. The monoisotopic (exact) mass is 515 g/mol. The lowest BCUT2D eigenvalue weighted by Crippen LogP contribution is -2.46. The predicted octanol–water partition coefficient (Wildman–Crippen LogP) is 2.50. The first kappa shape index (κ1) is 25.2. The Balaban J connectivity index is 0.00000420. The van der Waals surface area contributed by atoms with Gasteiger partial charge in [-0.2, -0.15) is 0 Å². The summed E-state index contributed by atoms with van der Waals surface area (Å²) in [5, 5.41) is 6.31. The maximum atomic E-state index is 12.1. The standard InChI is InChI=1S/C21H33N5O2.HI/c1-3-4-11-24-20(28)18-9-7-16(8-10-18)14-25-21(23-2)26-12-5-6-17(15-26)13-19(22)27;/h7-10,17H,3-6,11-15H2,1-2H3,(H2,22,27)(H,23,25)(H,24,28);1H. The number of amides is 2. The van der Waals surface area contributed by atoms with E-state index in [0.29, 0.717) is 25.1 Å². The number of nitrogens with one attached hydrogen (secondary N) is 2. The molecular weight excluding hydrogens is 481 g/mol. The molecule has 1 aromatic carbocycles. The maximum absolute atomic E-state index is 12.1. The summed E-state index contributed by atoms with van der Waals surface area (Å²) in [6, 6.07) is 7.62. The summed E-state index contributed by atoms with van der Waals surface area (Å²) in [6.45, 7) is 5.15. The molecule has 4 N–H and O–H groups in total. The molecule has 162 valence electrons. The van der Waals surface area contributed by atoms with Gasteiger partial charge in [-0.1, -0.05) is 25.5 Å². The van der Waals surface area contributed by atoms with Gasteiger partial charge in [-0.05, 0) is 42.9 Å². The zero-order chi connectivity index (χ0) is 20.4. The zero-order valence-electron chi connectivity index (χ0n) is 17.4. The van der Waals surface area contributed by atoms with E-state index in [0.717, 1.165) is 50.3 Å². The largest absolute Gasteiger partial charge is 0.370 e. The van der Waals surface area contributed by atoms with Gasteiger partial charge in [0.15, 0.2) is 5.96 Å². The smallest absolute Gasteiger partial charge is 0.251 e. The number of hydrogen-bond donors (Lipinski definition) is 3. The van der Waals surface area contributed by atoms with E-state index in [9.17, 15) is 9.59 Å². The van der Waals surface area contributed by atoms with Crippen LogP contribution < -0.4 is 16.4 Å². The fourth-order valence-corrected chi connectivity index (χ4v) is 3.48. The average Bonchev–Trinajstić information content (AvgIpc) is 2.69. The third-order valence-corrected chi connectivity index (χ3v) is 5.00. The molecule has 0 saturated carbocycles. The van der Waals surface area contributed by atoms with Gasteiger partial charge in [0.05, 0.1) is 0 Å². The number of halogens is 1. The van der Waals surface area contributed by atoms with Crippen molar-refractivity contribution in [3.8, 4) is 0 Å². The van der Waals surface area contributed by atoms with Crippen molar-refractivity contribution < 1.29 is 9.59 Å². The lowest BCUT2D eigenvalue weighted by molar-refractivity contribution is -0.119. The number of rotatable bonds is 8. The summed E-state index contributed by atoms with van der Waals surface area (Å²) in [5.74, 6) is 0.844. The van der Waals surface area contributed by atoms with Crippen LogP contribution in [0.4, 0.5) is 0 Å². The lowest BCUT2D eigenvalue weighted by Gasteiger charge is -2.34. The second-order valence-corrected chi connectivity index (χ2v) is 7.33. The fraction of sp³-hybridized carbons (Fsp3) is 0.571. The highest BCUT2D eigenvalue weighted by Crippen LogP contribution is 2.19. The van der Waals surface area contributed by atoms with Gasteiger partial charge in [0.25, 0.3) is 5.91 Å². The molecule has 8 heteroatoms. The summed E-state index contributed by atoms with van der Waals surface area (Å²) < 4.78 is 0. The molecule has 0 aliphatic carbocycles. The summed E-state index contributed by atoms with van der Waals surface area (Å²) in [6.07, 6.45) is 4.53. The number of hydrogen-bond acceptors (Lipinski definition) is 3. The van der Waals surface area contributed by atoms with Gasteiger partial charge in [0.1, 0.15) is 0 Å². The van der Waals surface area contributed by atoms with E-state index in [2.05, 4.69) is 27.4 Å². The molecule has 1 aromatic rings. The van der Waals surface area contributed by atoms with Crippen molar-refractivity contribution in [2.45, 2.75) is 45.6 Å². The normalized spacial score (nSPS) is 16.7. The lowest BCUT2D eigenvalue weighted by atomic mass is 9.95. The Kier molecular flexibility index (Phi) is 11.6. The van der Waals surface area contributed by atoms with Crippen LogP contribution in [0.25, 0.3) is 0 Å². The van der Waals surface area contributed by atoms with Crippen LogP contribution in [-0.4, -0.2) is 49.4 Å². The predicted molar refractivity (Wildman–Crippen MR) is 127 cm³/mol. The van der Waals surface area contributed by atoms with E-state index in [1.54, 1.807) is 7.05 Å². The molecule has 2 amide bonds. The zero-order valence-corrected chi connectivity index (χ0v) is 19.8. The fourth-order valence-electron chi connectivity index (χ4n) is 3.48. The number of nitrogens with two attached hydrogens (primary N) is 1. The topological polar surface area (TPSA) is 99.8 Å². The van der Waals surface area contributed by atoms with Crippen molar-refractivity contribution in [2.24, 2.45) is 16.6 Å². The summed E-state index contributed by atoms with van der Waals surface area (Å²) in [5.41, 5.74) is 7.10. The minimum absolute atomic E-state index is 0. The van der Waals surface area contributed by atoms with Crippen molar-refractivity contribution >= 4 is 41.8 Å². The van der Waals surface area contributed by atoms with Gasteiger partial charge in [0, 0.05) is 45.2 Å². The first-order valence-electron chi connectivity index (χ1n) is 10.1. The van der Waals surface area contributed by atoms with Crippen LogP contribution in [0.2, 0.25) is 0 Å². The molecule has 1 aliphatic heterocycles. The molecule has 0 aromatic heterocycles. The van der Waals surface area contributed by atoms with Crippen LogP contribution in [-0.2, 0) is 11.3 Å². The molecule has 0 spiro atoms. The summed E-state index contributed by atoms with van der Waals surface area (Å²) in [7, 11) is 1.77. The van der Waals surface area contributed by atoms with E-state index in [4.69, 9.17) is 5.73 Å². The Morgan fingerprint density at radius 1 is 1.24 bits per heavy atom. The molecule has 29 heavy (non-hydrogen) atoms. The number of nitrogens with zero attached hydrogens (tertiary/aromatic N) is 2. The molecule has 2 rings (SSSR count). The van der Waals surface area contributed by atoms with E-state index < -0.39 is 0 Å². The third kappa shape index (κ3) is 8.59. The Morgan fingerprint density at radius 2 is 1.97 bits per heavy atom. The molecule has 7 nitrogen and oxygen atoms in total. The van der Waals surface area contributed by atoms with Crippen molar-refractivity contribution in [3.63, 3.8) is 0 Å². The Bertz CT molecular complexity index is 678. The molecule has 0 bridgehead atoms. The van der Waals surface area contributed by atoms with E-state index in [1.165, 1.54) is 0 Å². The summed E-state index contributed by atoms with van der Waals surface area (Å²) >= 11 is 0. The van der Waals surface area contributed by atoms with Crippen LogP contribution >= 0.6 is 24.0 Å². The first-order chi connectivity index (χ1) is 13.5. The SMILES string of the molecule is CCCCNC(=O)c1ccc(CNC(=NC)N2CCCC(CC(N)=O)C2)cc1.I. The van der Waals surface area contributed by atoms with Crippen molar-refractivity contribution in [3.05, 3.63) is 35.4 Å². The third-order valence-electron chi connectivity index (χ3n) is 5.00. The highest BCUT2D eigenvalue weighted by atomic mass is 127. The van der Waals surface area contributed by atoms with E-state index in [1.807, 2.05) is 24.3 Å². The number of piperidine rings is 1. The van der Waals surface area contributed by atoms with Gasteiger partial charge < -0.3 is 21.3 Å². The number of carbonyl (C=O) groups excluding carboxylic acids is 2. The molecule has 1 atom stereocenters. The Labute approximate surface area is 190 Å². The highest BCUT2D eigenvalue weighted by Gasteiger charge is 2.23. The molecular formula is C21H34IN5O2. The first-order valence-corrected chi connectivity index (χ1v) is 10.1. The molecule has 1 unspecified atom stereocenters. The number of primary amides is 1. The minimum Gasteiger partial charge on any atom is -0.370 e. The number of unbranched alkanes of at least 4 members (excludes halogenated alkanes) is 1. The van der Waals surface area contributed by atoms with Crippen LogP contribution in [0.1, 0.15) is 54.9 Å². The quantitative estimate of drug-likeness (QED) is 0.215. The van der Waals surface area contributed by atoms with Crippen molar-refractivity contribution in [1.82, 2.24) is 15.5 Å². The molecule has 1 saturated heterocycles. The number of guanidine groups is 1. The van der Waals surface area contributed by atoms with Crippen LogP contribution in [0, 0.1) is 5.92 Å². The van der Waals surface area contributed by atoms with Gasteiger partial charge in [-0.3, -0.25) is 14.6 Å². The number of aliphatic imine (C=N–C) groups is 1.